The first-order chi connectivity index (χ1) is 8.11. The van der Waals surface area contributed by atoms with Crippen LogP contribution in [0.25, 0.3) is 0 Å². The highest BCUT2D eigenvalue weighted by Gasteiger charge is 2.27. The molecule has 1 fully saturated rings. The quantitative estimate of drug-likeness (QED) is 0.852. The Morgan fingerprint density at radius 2 is 2.35 bits per heavy atom. The van der Waals surface area contributed by atoms with Crippen LogP contribution in [0, 0.1) is 11.7 Å². The van der Waals surface area contributed by atoms with Crippen LogP contribution >= 0.6 is 15.9 Å². The molecule has 1 aromatic rings. The minimum Gasteiger partial charge on any atom is -0.507 e. The molecule has 1 aromatic carbocycles. The van der Waals surface area contributed by atoms with Crippen LogP contribution in [-0.4, -0.2) is 34.3 Å². The molecule has 0 radical (unpaired) electrons. The van der Waals surface area contributed by atoms with Crippen molar-refractivity contribution in [2.75, 3.05) is 18.4 Å². The number of hydrogen-bond acceptors (Lipinski definition) is 2. The van der Waals surface area contributed by atoms with E-state index in [-0.39, 0.29) is 17.2 Å². The van der Waals surface area contributed by atoms with Crippen LogP contribution in [0.4, 0.5) is 4.39 Å². The van der Waals surface area contributed by atoms with E-state index in [2.05, 4.69) is 15.9 Å². The number of phenols is 1. The van der Waals surface area contributed by atoms with Gasteiger partial charge in [-0.3, -0.25) is 4.79 Å². The van der Waals surface area contributed by atoms with E-state index < -0.39 is 5.82 Å². The number of carbonyl (C=O) groups excluding carboxylic acids is 1. The number of benzene rings is 1. The third-order valence-corrected chi connectivity index (χ3v) is 3.90. The Morgan fingerprint density at radius 3 is 3.00 bits per heavy atom. The standard InChI is InChI=1S/C12H13BrFNO2/c13-6-8-3-4-15(7-8)12(17)10-5-9(14)1-2-11(10)16/h1-2,5,8,16H,3-4,6-7H2. The normalized spacial score (nSPS) is 19.6. The molecule has 1 N–H and O–H groups in total. The molecule has 2 rings (SSSR count). The number of alkyl halides is 1. The fraction of sp³-hybridized carbons (Fsp3) is 0.417. The average molecular weight is 302 g/mol. The smallest absolute Gasteiger partial charge is 0.257 e. The van der Waals surface area contributed by atoms with Crippen LogP contribution in [0.2, 0.25) is 0 Å². The lowest BCUT2D eigenvalue weighted by Gasteiger charge is -2.16. The SMILES string of the molecule is O=C(c1cc(F)ccc1O)N1CCC(CBr)C1. The van der Waals surface area contributed by atoms with Gasteiger partial charge in [0.1, 0.15) is 11.6 Å². The van der Waals surface area contributed by atoms with Gasteiger partial charge in [-0.2, -0.15) is 0 Å². The predicted octanol–water partition coefficient (Wildman–Crippen LogP) is 2.39. The maximum atomic E-state index is 13.0. The largest absolute Gasteiger partial charge is 0.507 e. The van der Waals surface area contributed by atoms with Crippen molar-refractivity contribution in [2.24, 2.45) is 5.92 Å². The molecule has 1 amide bonds. The van der Waals surface area contributed by atoms with E-state index in [4.69, 9.17) is 0 Å². The second kappa shape index (κ2) is 5.04. The predicted molar refractivity (Wildman–Crippen MR) is 65.9 cm³/mol. The number of aromatic hydroxyl groups is 1. The van der Waals surface area contributed by atoms with Crippen molar-refractivity contribution in [3.63, 3.8) is 0 Å². The zero-order valence-electron chi connectivity index (χ0n) is 9.20. The fourth-order valence-electron chi connectivity index (χ4n) is 1.99. The van der Waals surface area contributed by atoms with E-state index in [9.17, 15) is 14.3 Å². The second-order valence-corrected chi connectivity index (χ2v) is 4.87. The van der Waals surface area contributed by atoms with Gasteiger partial charge >= 0.3 is 0 Å². The molecule has 1 aliphatic rings. The van der Waals surface area contributed by atoms with Gasteiger partial charge in [0.05, 0.1) is 5.56 Å². The number of hydrogen-bond donors (Lipinski definition) is 1. The molecule has 1 aliphatic heterocycles. The van der Waals surface area contributed by atoms with E-state index in [1.807, 2.05) is 0 Å². The summed E-state index contributed by atoms with van der Waals surface area (Å²) in [5.41, 5.74) is 0.0419. The summed E-state index contributed by atoms with van der Waals surface area (Å²) in [5.74, 6) is -0.541. The first-order valence-electron chi connectivity index (χ1n) is 5.45. The lowest BCUT2D eigenvalue weighted by atomic mass is 10.1. The Bertz CT molecular complexity index is 439. The number of carbonyl (C=O) groups is 1. The highest BCUT2D eigenvalue weighted by Crippen LogP contribution is 2.24. The number of nitrogens with zero attached hydrogens (tertiary/aromatic N) is 1. The summed E-state index contributed by atoms with van der Waals surface area (Å²) in [6, 6.07) is 3.43. The lowest BCUT2D eigenvalue weighted by Crippen LogP contribution is -2.29. The van der Waals surface area contributed by atoms with E-state index >= 15 is 0 Å². The van der Waals surface area contributed by atoms with E-state index in [1.54, 1.807) is 4.90 Å². The first-order valence-corrected chi connectivity index (χ1v) is 6.57. The molecule has 3 nitrogen and oxygen atoms in total. The van der Waals surface area contributed by atoms with Gasteiger partial charge in [-0.1, -0.05) is 15.9 Å². The van der Waals surface area contributed by atoms with Gasteiger partial charge in [-0.25, -0.2) is 4.39 Å². The summed E-state index contributed by atoms with van der Waals surface area (Å²) < 4.78 is 13.0. The van der Waals surface area contributed by atoms with E-state index in [0.29, 0.717) is 19.0 Å². The lowest BCUT2D eigenvalue weighted by molar-refractivity contribution is 0.0785. The molecule has 0 bridgehead atoms. The molecular formula is C12H13BrFNO2. The summed E-state index contributed by atoms with van der Waals surface area (Å²) in [4.78, 5) is 13.7. The van der Waals surface area contributed by atoms with Gasteiger partial charge in [0, 0.05) is 18.4 Å². The topological polar surface area (TPSA) is 40.5 Å². The third-order valence-electron chi connectivity index (χ3n) is 2.98. The van der Waals surface area contributed by atoms with E-state index in [1.165, 1.54) is 6.07 Å². The third kappa shape index (κ3) is 2.60. The van der Waals surface area contributed by atoms with Crippen molar-refractivity contribution in [2.45, 2.75) is 6.42 Å². The Morgan fingerprint density at radius 1 is 1.59 bits per heavy atom. The van der Waals surface area contributed by atoms with Crippen molar-refractivity contribution in [1.29, 1.82) is 0 Å². The Balaban J connectivity index is 2.17. The molecule has 0 aromatic heterocycles. The summed E-state index contributed by atoms with van der Waals surface area (Å²) in [6.45, 7) is 1.31. The summed E-state index contributed by atoms with van der Waals surface area (Å²) in [5, 5.41) is 10.4. The molecule has 1 heterocycles. The minimum absolute atomic E-state index is 0.0419. The maximum Gasteiger partial charge on any atom is 0.257 e. The number of likely N-dealkylation sites (tertiary alicyclic amines) is 1. The molecule has 5 heteroatoms. The number of halogens is 2. The molecule has 17 heavy (non-hydrogen) atoms. The molecule has 92 valence electrons. The van der Waals surface area contributed by atoms with Crippen LogP contribution in [0.1, 0.15) is 16.8 Å². The van der Waals surface area contributed by atoms with Crippen LogP contribution in [-0.2, 0) is 0 Å². The molecule has 1 saturated heterocycles. The van der Waals surface area contributed by atoms with Gasteiger partial charge < -0.3 is 10.0 Å². The van der Waals surface area contributed by atoms with Crippen molar-refractivity contribution in [3.05, 3.63) is 29.6 Å². The molecule has 1 unspecified atom stereocenters. The van der Waals surface area contributed by atoms with Crippen molar-refractivity contribution >= 4 is 21.8 Å². The minimum atomic E-state index is -0.512. The van der Waals surface area contributed by atoms with E-state index in [0.717, 1.165) is 23.9 Å². The van der Waals surface area contributed by atoms with Crippen LogP contribution in [0.3, 0.4) is 0 Å². The molecule has 0 aliphatic carbocycles. The van der Waals surface area contributed by atoms with Crippen LogP contribution in [0.15, 0.2) is 18.2 Å². The van der Waals surface area contributed by atoms with Gasteiger partial charge in [0.2, 0.25) is 0 Å². The summed E-state index contributed by atoms with van der Waals surface area (Å²) in [6.07, 6.45) is 0.938. The zero-order chi connectivity index (χ0) is 12.4. The highest BCUT2D eigenvalue weighted by atomic mass is 79.9. The molecule has 1 atom stereocenters. The summed E-state index contributed by atoms with van der Waals surface area (Å²) >= 11 is 3.39. The van der Waals surface area contributed by atoms with Crippen molar-refractivity contribution < 1.29 is 14.3 Å². The van der Waals surface area contributed by atoms with Crippen LogP contribution in [0.5, 0.6) is 5.75 Å². The van der Waals surface area contributed by atoms with Crippen LogP contribution < -0.4 is 0 Å². The zero-order valence-corrected chi connectivity index (χ0v) is 10.8. The average Bonchev–Trinajstić information content (AvgIpc) is 2.80. The molecular weight excluding hydrogens is 289 g/mol. The Hall–Kier alpha value is -1.10. The molecule has 0 spiro atoms. The fourth-order valence-corrected chi connectivity index (χ4v) is 2.52. The monoisotopic (exact) mass is 301 g/mol. The maximum absolute atomic E-state index is 13.0. The Kier molecular flexibility index (Phi) is 3.66. The van der Waals surface area contributed by atoms with Gasteiger partial charge in [-0.15, -0.1) is 0 Å². The Labute approximate surface area is 107 Å². The van der Waals surface area contributed by atoms with Crippen molar-refractivity contribution in [1.82, 2.24) is 4.90 Å². The first kappa shape index (κ1) is 12.4. The van der Waals surface area contributed by atoms with Crippen molar-refractivity contribution in [3.8, 4) is 5.75 Å². The number of phenolic OH excluding ortho intramolecular Hbond substituents is 1. The highest BCUT2D eigenvalue weighted by molar-refractivity contribution is 9.09. The van der Waals surface area contributed by atoms with Gasteiger partial charge in [0.15, 0.2) is 0 Å². The van der Waals surface area contributed by atoms with Gasteiger partial charge in [-0.05, 0) is 30.5 Å². The number of rotatable bonds is 2. The second-order valence-electron chi connectivity index (χ2n) is 4.22. The number of amides is 1. The summed E-state index contributed by atoms with van der Waals surface area (Å²) in [7, 11) is 0. The molecule has 0 saturated carbocycles. The van der Waals surface area contributed by atoms with Gasteiger partial charge in [0.25, 0.3) is 5.91 Å².